The Hall–Kier alpha value is -1.49. The minimum absolute atomic E-state index is 0.126. The van der Waals surface area contributed by atoms with E-state index in [0.29, 0.717) is 18.9 Å². The average molecular weight is 248 g/mol. The summed E-state index contributed by atoms with van der Waals surface area (Å²) in [7, 11) is 3.54. The smallest absolute Gasteiger partial charge is 0.222 e. The lowest BCUT2D eigenvalue weighted by atomic mass is 10.1. The number of nitrogens with zero attached hydrogens (tertiary/aromatic N) is 3. The number of carbonyl (C=O) groups excluding carboxylic acids is 1. The molecule has 2 rings (SSSR count). The fraction of sp³-hybridized carbons (Fsp3) is 0.615. The van der Waals surface area contributed by atoms with E-state index in [9.17, 15) is 4.79 Å². The zero-order chi connectivity index (χ0) is 13.0. The molecule has 1 saturated heterocycles. The van der Waals surface area contributed by atoms with Crippen LogP contribution in [0.2, 0.25) is 0 Å². The van der Waals surface area contributed by atoms with Crippen molar-refractivity contribution in [2.24, 2.45) is 0 Å². The lowest BCUT2D eigenvalue weighted by Gasteiger charge is -2.11. The molecule has 1 N–H and O–H groups in total. The van der Waals surface area contributed by atoms with Crippen LogP contribution in [-0.2, 0) is 11.2 Å². The third-order valence-corrected chi connectivity index (χ3v) is 3.21. The second-order valence-electron chi connectivity index (χ2n) is 4.87. The van der Waals surface area contributed by atoms with Crippen LogP contribution in [0.25, 0.3) is 0 Å². The molecule has 0 aliphatic carbocycles. The van der Waals surface area contributed by atoms with Crippen molar-refractivity contribution in [1.82, 2.24) is 20.2 Å². The predicted octanol–water partition coefficient (Wildman–Crippen LogP) is 0.922. The second kappa shape index (κ2) is 5.91. The summed E-state index contributed by atoms with van der Waals surface area (Å²) in [4.78, 5) is 21.9. The summed E-state index contributed by atoms with van der Waals surface area (Å²) in [6, 6.07) is 0.335. The fourth-order valence-corrected chi connectivity index (χ4v) is 2.11. The van der Waals surface area contributed by atoms with Crippen LogP contribution in [0.5, 0.6) is 0 Å². The van der Waals surface area contributed by atoms with Crippen LogP contribution < -0.4 is 5.32 Å². The second-order valence-corrected chi connectivity index (χ2v) is 4.87. The van der Waals surface area contributed by atoms with E-state index in [1.54, 1.807) is 25.2 Å². The first-order valence-corrected chi connectivity index (χ1v) is 6.41. The summed E-state index contributed by atoms with van der Waals surface area (Å²) < 4.78 is 0. The highest BCUT2D eigenvalue weighted by Crippen LogP contribution is 2.20. The first-order chi connectivity index (χ1) is 8.66. The third kappa shape index (κ3) is 3.26. The minimum Gasteiger partial charge on any atom is -0.349 e. The number of carbonyl (C=O) groups is 1. The molecule has 0 radical (unpaired) electrons. The summed E-state index contributed by atoms with van der Waals surface area (Å²) in [6.45, 7) is 1.05. The van der Waals surface area contributed by atoms with Crippen LogP contribution >= 0.6 is 0 Å². The lowest BCUT2D eigenvalue weighted by molar-refractivity contribution is -0.128. The molecule has 1 aromatic heterocycles. The molecule has 1 aliphatic heterocycles. The minimum atomic E-state index is 0.126. The Morgan fingerprint density at radius 2 is 2.33 bits per heavy atom. The molecule has 18 heavy (non-hydrogen) atoms. The average Bonchev–Trinajstić information content (AvgIpc) is 2.90. The highest BCUT2D eigenvalue weighted by Gasteiger charge is 2.18. The van der Waals surface area contributed by atoms with E-state index < -0.39 is 0 Å². The van der Waals surface area contributed by atoms with Gasteiger partial charge in [0.05, 0.1) is 17.4 Å². The molecule has 0 saturated carbocycles. The molecular formula is C13H20N4O. The quantitative estimate of drug-likeness (QED) is 0.861. The zero-order valence-corrected chi connectivity index (χ0v) is 11.0. The molecule has 2 heterocycles. The summed E-state index contributed by atoms with van der Waals surface area (Å²) in [5, 5.41) is 3.41. The number of amides is 1. The first kappa shape index (κ1) is 13.0. The molecule has 1 fully saturated rings. The lowest BCUT2D eigenvalue weighted by Crippen LogP contribution is -2.22. The summed E-state index contributed by atoms with van der Waals surface area (Å²) in [6.07, 6.45) is 7.03. The van der Waals surface area contributed by atoms with E-state index in [-0.39, 0.29) is 5.91 Å². The Balaban J connectivity index is 1.96. The van der Waals surface area contributed by atoms with Crippen molar-refractivity contribution in [2.45, 2.75) is 31.7 Å². The number of nitrogens with one attached hydrogen (secondary N) is 1. The van der Waals surface area contributed by atoms with Crippen LogP contribution in [0.1, 0.15) is 36.7 Å². The van der Waals surface area contributed by atoms with Crippen molar-refractivity contribution in [3.05, 3.63) is 23.8 Å². The van der Waals surface area contributed by atoms with Gasteiger partial charge in [-0.05, 0) is 25.8 Å². The Morgan fingerprint density at radius 3 is 3.00 bits per heavy atom. The van der Waals surface area contributed by atoms with Crippen molar-refractivity contribution in [2.75, 3.05) is 20.6 Å². The molecule has 0 aromatic carbocycles. The Bertz CT molecular complexity index is 413. The van der Waals surface area contributed by atoms with E-state index >= 15 is 0 Å². The van der Waals surface area contributed by atoms with Gasteiger partial charge in [0.1, 0.15) is 0 Å². The van der Waals surface area contributed by atoms with Gasteiger partial charge < -0.3 is 10.2 Å². The fourth-order valence-electron chi connectivity index (χ4n) is 2.11. The number of aryl methyl sites for hydroxylation is 1. The van der Waals surface area contributed by atoms with Gasteiger partial charge in [0.15, 0.2) is 0 Å². The van der Waals surface area contributed by atoms with Gasteiger partial charge in [-0.15, -0.1) is 0 Å². The van der Waals surface area contributed by atoms with Gasteiger partial charge in [0, 0.05) is 32.9 Å². The molecule has 1 atom stereocenters. The largest absolute Gasteiger partial charge is 0.349 e. The standard InChI is InChI=1S/C13H20N4O/c1-17(2)13(18)6-5-10-8-14-9-12(16-10)11-4-3-7-15-11/h8-9,11,15H,3-7H2,1-2H3/t11-/m1/s1. The molecule has 5 heteroatoms. The zero-order valence-electron chi connectivity index (χ0n) is 11.0. The summed E-state index contributed by atoms with van der Waals surface area (Å²) in [5.74, 6) is 0.126. The highest BCUT2D eigenvalue weighted by molar-refractivity contribution is 5.75. The van der Waals surface area contributed by atoms with Crippen LogP contribution in [0, 0.1) is 0 Å². The van der Waals surface area contributed by atoms with Gasteiger partial charge in [-0.1, -0.05) is 0 Å². The van der Waals surface area contributed by atoms with Crippen LogP contribution in [0.4, 0.5) is 0 Å². The predicted molar refractivity (Wildman–Crippen MR) is 69.0 cm³/mol. The number of aromatic nitrogens is 2. The van der Waals surface area contributed by atoms with Crippen molar-refractivity contribution in [1.29, 1.82) is 0 Å². The summed E-state index contributed by atoms with van der Waals surface area (Å²) >= 11 is 0. The maximum absolute atomic E-state index is 11.5. The third-order valence-electron chi connectivity index (χ3n) is 3.21. The Morgan fingerprint density at radius 1 is 1.50 bits per heavy atom. The molecule has 1 aromatic rings. The van der Waals surface area contributed by atoms with Crippen molar-refractivity contribution < 1.29 is 4.79 Å². The topological polar surface area (TPSA) is 58.1 Å². The van der Waals surface area contributed by atoms with Crippen LogP contribution in [0.3, 0.4) is 0 Å². The van der Waals surface area contributed by atoms with Gasteiger partial charge in [-0.25, -0.2) is 0 Å². The van der Waals surface area contributed by atoms with Gasteiger partial charge in [-0.3, -0.25) is 14.8 Å². The molecule has 1 aliphatic rings. The summed E-state index contributed by atoms with van der Waals surface area (Å²) in [5.41, 5.74) is 1.90. The van der Waals surface area contributed by atoms with Gasteiger partial charge in [0.25, 0.3) is 0 Å². The van der Waals surface area contributed by atoms with Crippen LogP contribution in [-0.4, -0.2) is 41.4 Å². The highest BCUT2D eigenvalue weighted by atomic mass is 16.2. The van der Waals surface area contributed by atoms with E-state index in [4.69, 9.17) is 0 Å². The molecular weight excluding hydrogens is 228 g/mol. The molecule has 98 valence electrons. The first-order valence-electron chi connectivity index (χ1n) is 6.41. The van der Waals surface area contributed by atoms with E-state index in [1.807, 2.05) is 6.20 Å². The molecule has 5 nitrogen and oxygen atoms in total. The SMILES string of the molecule is CN(C)C(=O)CCc1cncc([C@H]2CCCN2)n1. The van der Waals surface area contributed by atoms with Crippen molar-refractivity contribution >= 4 is 5.91 Å². The maximum Gasteiger partial charge on any atom is 0.222 e. The van der Waals surface area contributed by atoms with Crippen molar-refractivity contribution in [3.8, 4) is 0 Å². The maximum atomic E-state index is 11.5. The van der Waals surface area contributed by atoms with Gasteiger partial charge >= 0.3 is 0 Å². The van der Waals surface area contributed by atoms with E-state index in [1.165, 1.54) is 6.42 Å². The van der Waals surface area contributed by atoms with Gasteiger partial charge in [-0.2, -0.15) is 0 Å². The number of rotatable bonds is 4. The Kier molecular flexibility index (Phi) is 4.25. The van der Waals surface area contributed by atoms with Crippen LogP contribution in [0.15, 0.2) is 12.4 Å². The van der Waals surface area contributed by atoms with Crippen molar-refractivity contribution in [3.63, 3.8) is 0 Å². The van der Waals surface area contributed by atoms with Gasteiger partial charge in [0.2, 0.25) is 5.91 Å². The van der Waals surface area contributed by atoms with E-state index in [0.717, 1.165) is 24.4 Å². The molecule has 0 bridgehead atoms. The Labute approximate surface area is 108 Å². The molecule has 0 spiro atoms. The van der Waals surface area contributed by atoms with E-state index in [2.05, 4.69) is 15.3 Å². The normalized spacial score (nSPS) is 18.9. The molecule has 1 amide bonds. The monoisotopic (exact) mass is 248 g/mol. The molecule has 0 unspecified atom stereocenters. The number of hydrogen-bond donors (Lipinski definition) is 1. The number of hydrogen-bond acceptors (Lipinski definition) is 4.